The van der Waals surface area contributed by atoms with Crippen LogP contribution in [0.2, 0.25) is 0 Å². The zero-order chi connectivity index (χ0) is 10.8. The normalized spacial score (nSPS) is 10.5. The molecule has 0 bridgehead atoms. The van der Waals surface area contributed by atoms with Gasteiger partial charge in [-0.1, -0.05) is 18.2 Å². The summed E-state index contributed by atoms with van der Waals surface area (Å²) in [6.07, 6.45) is 0.727. The number of aromatic hydroxyl groups is 1. The lowest BCUT2D eigenvalue weighted by Gasteiger charge is -2.06. The number of aliphatic hydroxyl groups is 1. The molecule has 0 fully saturated rings. The van der Waals surface area contributed by atoms with Crippen molar-refractivity contribution in [1.29, 1.82) is 0 Å². The number of hydrogen-bond donors (Lipinski definition) is 2. The molecule has 15 heavy (non-hydrogen) atoms. The molecule has 0 saturated carbocycles. The topological polar surface area (TPSA) is 57.5 Å². The molecule has 3 heteroatoms. The molecule has 0 heterocycles. The molecule has 0 saturated heterocycles. The fraction of sp³-hybridized carbons (Fsp3) is 0.0833. The van der Waals surface area contributed by atoms with Crippen LogP contribution in [0.15, 0.2) is 30.3 Å². The molecule has 0 amide bonds. The first-order valence-corrected chi connectivity index (χ1v) is 4.57. The van der Waals surface area contributed by atoms with Gasteiger partial charge in [-0.2, -0.15) is 0 Å². The second-order valence-electron chi connectivity index (χ2n) is 3.32. The second kappa shape index (κ2) is 3.71. The summed E-state index contributed by atoms with van der Waals surface area (Å²) < 4.78 is 0. The molecule has 2 N–H and O–H groups in total. The molecule has 0 aliphatic carbocycles. The monoisotopic (exact) mass is 202 g/mol. The van der Waals surface area contributed by atoms with Crippen molar-refractivity contribution in [3.05, 3.63) is 41.5 Å². The number of benzene rings is 2. The van der Waals surface area contributed by atoms with Crippen molar-refractivity contribution in [2.45, 2.75) is 6.61 Å². The summed E-state index contributed by atoms with van der Waals surface area (Å²) in [4.78, 5) is 10.6. The maximum Gasteiger partial charge on any atom is 0.150 e. The van der Waals surface area contributed by atoms with Crippen molar-refractivity contribution in [2.75, 3.05) is 0 Å². The van der Waals surface area contributed by atoms with Crippen molar-refractivity contribution >= 4 is 17.1 Å². The second-order valence-corrected chi connectivity index (χ2v) is 3.32. The van der Waals surface area contributed by atoms with Gasteiger partial charge in [-0.3, -0.25) is 4.79 Å². The summed E-state index contributed by atoms with van der Waals surface area (Å²) in [6, 6.07) is 8.18. The summed E-state index contributed by atoms with van der Waals surface area (Å²) >= 11 is 0. The zero-order valence-electron chi connectivity index (χ0n) is 7.97. The Hall–Kier alpha value is -1.87. The number of phenols is 1. The van der Waals surface area contributed by atoms with E-state index < -0.39 is 0 Å². The minimum Gasteiger partial charge on any atom is -0.507 e. The molecular weight excluding hydrogens is 192 g/mol. The van der Waals surface area contributed by atoms with Crippen LogP contribution in [-0.2, 0) is 6.61 Å². The van der Waals surface area contributed by atoms with Crippen molar-refractivity contribution in [3.8, 4) is 5.75 Å². The minimum atomic E-state index is -0.0861. The van der Waals surface area contributed by atoms with Gasteiger partial charge in [0.15, 0.2) is 0 Å². The first-order valence-electron chi connectivity index (χ1n) is 4.57. The van der Waals surface area contributed by atoms with Crippen molar-refractivity contribution in [2.24, 2.45) is 0 Å². The molecule has 0 aromatic heterocycles. The number of aliphatic hydroxyl groups excluding tert-OH is 1. The highest BCUT2D eigenvalue weighted by molar-refractivity contribution is 5.94. The minimum absolute atomic E-state index is 0.0861. The quantitative estimate of drug-likeness (QED) is 0.730. The van der Waals surface area contributed by atoms with E-state index in [1.807, 2.05) is 0 Å². The number of fused-ring (bicyclic) bond motifs is 1. The van der Waals surface area contributed by atoms with E-state index in [4.69, 9.17) is 5.11 Å². The van der Waals surface area contributed by atoms with E-state index in [9.17, 15) is 9.90 Å². The van der Waals surface area contributed by atoms with E-state index in [0.29, 0.717) is 10.9 Å². The third-order valence-electron chi connectivity index (χ3n) is 2.41. The number of aldehydes is 1. The molecule has 76 valence electrons. The Morgan fingerprint density at radius 3 is 2.60 bits per heavy atom. The first-order chi connectivity index (χ1) is 7.26. The van der Waals surface area contributed by atoms with Crippen LogP contribution in [0.3, 0.4) is 0 Å². The summed E-state index contributed by atoms with van der Waals surface area (Å²) in [5, 5.41) is 20.1. The smallest absolute Gasteiger partial charge is 0.150 e. The fourth-order valence-electron chi connectivity index (χ4n) is 1.62. The Kier molecular flexibility index (Phi) is 2.39. The van der Waals surface area contributed by atoms with Crippen LogP contribution in [0.5, 0.6) is 5.75 Å². The van der Waals surface area contributed by atoms with E-state index in [2.05, 4.69) is 0 Å². The first kappa shape index (κ1) is 9.68. The van der Waals surface area contributed by atoms with Gasteiger partial charge in [0.05, 0.1) is 6.61 Å². The average molecular weight is 202 g/mol. The van der Waals surface area contributed by atoms with Crippen LogP contribution in [0, 0.1) is 0 Å². The fourth-order valence-corrected chi connectivity index (χ4v) is 1.62. The van der Waals surface area contributed by atoms with E-state index in [0.717, 1.165) is 17.2 Å². The Balaban J connectivity index is 2.81. The Labute approximate surface area is 86.6 Å². The predicted molar refractivity (Wildman–Crippen MR) is 56.9 cm³/mol. The third-order valence-corrected chi connectivity index (χ3v) is 2.41. The van der Waals surface area contributed by atoms with Crippen LogP contribution >= 0.6 is 0 Å². The zero-order valence-corrected chi connectivity index (χ0v) is 7.97. The number of carbonyl (C=O) groups is 1. The molecule has 0 unspecified atom stereocenters. The SMILES string of the molecule is O=Cc1ccc2c(CO)ccc(O)c2c1. The molecule has 0 aliphatic rings. The van der Waals surface area contributed by atoms with E-state index in [1.165, 1.54) is 6.07 Å². The standard InChI is InChI=1S/C12H10O3/c13-6-8-1-3-10-9(7-14)2-4-12(15)11(10)5-8/h1-6,14-15H,7H2. The Morgan fingerprint density at radius 1 is 1.13 bits per heavy atom. The lowest BCUT2D eigenvalue weighted by atomic mass is 10.0. The summed E-state index contributed by atoms with van der Waals surface area (Å²) in [7, 11) is 0. The van der Waals surface area contributed by atoms with Gasteiger partial charge in [0.1, 0.15) is 12.0 Å². The molecule has 3 nitrogen and oxygen atoms in total. The van der Waals surface area contributed by atoms with Crippen molar-refractivity contribution in [1.82, 2.24) is 0 Å². The van der Waals surface area contributed by atoms with Crippen LogP contribution in [0.4, 0.5) is 0 Å². The van der Waals surface area contributed by atoms with Gasteiger partial charge in [0.25, 0.3) is 0 Å². The van der Waals surface area contributed by atoms with Crippen LogP contribution in [0.25, 0.3) is 10.8 Å². The Morgan fingerprint density at radius 2 is 1.93 bits per heavy atom. The number of hydrogen-bond acceptors (Lipinski definition) is 3. The number of carbonyl (C=O) groups excluding carboxylic acids is 1. The van der Waals surface area contributed by atoms with E-state index >= 15 is 0 Å². The molecule has 2 aromatic carbocycles. The van der Waals surface area contributed by atoms with Crippen molar-refractivity contribution < 1.29 is 15.0 Å². The third kappa shape index (κ3) is 1.57. The lowest BCUT2D eigenvalue weighted by Crippen LogP contribution is -1.88. The molecule has 0 aliphatic heterocycles. The summed E-state index contributed by atoms with van der Waals surface area (Å²) in [5.74, 6) is 0.117. The molecular formula is C12H10O3. The predicted octanol–water partition coefficient (Wildman–Crippen LogP) is 1.85. The number of phenolic OH excluding ortho intramolecular Hbond substituents is 1. The van der Waals surface area contributed by atoms with E-state index in [1.54, 1.807) is 24.3 Å². The maximum absolute atomic E-state index is 10.6. The van der Waals surface area contributed by atoms with Gasteiger partial charge in [-0.25, -0.2) is 0 Å². The molecule has 0 radical (unpaired) electrons. The van der Waals surface area contributed by atoms with Gasteiger partial charge < -0.3 is 10.2 Å². The van der Waals surface area contributed by atoms with Gasteiger partial charge in [-0.15, -0.1) is 0 Å². The van der Waals surface area contributed by atoms with Gasteiger partial charge in [0.2, 0.25) is 0 Å². The average Bonchev–Trinajstić information content (AvgIpc) is 2.29. The molecule has 0 atom stereocenters. The highest BCUT2D eigenvalue weighted by Gasteiger charge is 2.05. The molecule has 0 spiro atoms. The van der Waals surface area contributed by atoms with Gasteiger partial charge >= 0.3 is 0 Å². The Bertz CT molecular complexity index is 518. The largest absolute Gasteiger partial charge is 0.507 e. The van der Waals surface area contributed by atoms with Crippen LogP contribution in [-0.4, -0.2) is 16.5 Å². The highest BCUT2D eigenvalue weighted by atomic mass is 16.3. The summed E-state index contributed by atoms with van der Waals surface area (Å²) in [5.41, 5.74) is 1.24. The van der Waals surface area contributed by atoms with Gasteiger partial charge in [0, 0.05) is 10.9 Å². The number of rotatable bonds is 2. The van der Waals surface area contributed by atoms with Crippen LogP contribution in [0.1, 0.15) is 15.9 Å². The molecule has 2 aromatic rings. The van der Waals surface area contributed by atoms with Gasteiger partial charge in [-0.05, 0) is 23.1 Å². The highest BCUT2D eigenvalue weighted by Crippen LogP contribution is 2.28. The lowest BCUT2D eigenvalue weighted by molar-refractivity contribution is 0.112. The van der Waals surface area contributed by atoms with E-state index in [-0.39, 0.29) is 12.4 Å². The maximum atomic E-state index is 10.6. The molecule has 2 rings (SSSR count). The van der Waals surface area contributed by atoms with Crippen LogP contribution < -0.4 is 0 Å². The van der Waals surface area contributed by atoms with Crippen molar-refractivity contribution in [3.63, 3.8) is 0 Å². The summed E-state index contributed by atoms with van der Waals surface area (Å²) in [6.45, 7) is -0.0861.